The van der Waals surface area contributed by atoms with Gasteiger partial charge in [0.1, 0.15) is 5.75 Å². The minimum Gasteiger partial charge on any atom is -0.496 e. The van der Waals surface area contributed by atoms with Crippen LogP contribution < -0.4 is 4.74 Å². The smallest absolute Gasteiger partial charge is 0.261 e. The van der Waals surface area contributed by atoms with E-state index >= 15 is 0 Å². The maximum atomic E-state index is 9.19. The van der Waals surface area contributed by atoms with Gasteiger partial charge in [0, 0.05) is 22.8 Å². The highest BCUT2D eigenvalue weighted by atomic mass is 35.5. The Hall–Kier alpha value is -2.15. The molecule has 2 aromatic carbocycles. The number of methoxy groups -OCH3 is 1. The standard InChI is InChI=1S/C17H14ClNO.CH4O3S/c1-20-17-4-2-3-15-13(10-19-11-16(15)17)9-12-5-7-14(18)8-6-12;1-5(2,3)4/h2-8,10-11H,9H2,1H3;1H3,(H,2,3,4). The zero-order chi connectivity index (χ0) is 18.4. The van der Waals surface area contributed by atoms with E-state index in [2.05, 4.69) is 11.1 Å². The number of ether oxygens (including phenoxy) is 1. The van der Waals surface area contributed by atoms with Crippen LogP contribution in [0.3, 0.4) is 0 Å². The van der Waals surface area contributed by atoms with E-state index in [-0.39, 0.29) is 0 Å². The van der Waals surface area contributed by atoms with Gasteiger partial charge in [-0.05, 0) is 41.1 Å². The Morgan fingerprint density at radius 3 is 2.32 bits per heavy atom. The first-order valence-corrected chi connectivity index (χ1v) is 9.57. The summed E-state index contributed by atoms with van der Waals surface area (Å²) in [6.45, 7) is 0. The summed E-state index contributed by atoms with van der Waals surface area (Å²) in [6, 6.07) is 14.0. The lowest BCUT2D eigenvalue weighted by Crippen LogP contribution is -1.93. The van der Waals surface area contributed by atoms with E-state index in [1.807, 2.05) is 48.8 Å². The van der Waals surface area contributed by atoms with Gasteiger partial charge in [0.05, 0.1) is 13.4 Å². The average molecular weight is 380 g/mol. The third-order valence-corrected chi connectivity index (χ3v) is 3.63. The molecule has 0 aliphatic carbocycles. The molecule has 0 fully saturated rings. The van der Waals surface area contributed by atoms with Crippen molar-refractivity contribution >= 4 is 32.5 Å². The normalized spacial score (nSPS) is 10.9. The lowest BCUT2D eigenvalue weighted by molar-refractivity contribution is 0.419. The molecule has 132 valence electrons. The van der Waals surface area contributed by atoms with Gasteiger partial charge >= 0.3 is 0 Å². The Morgan fingerprint density at radius 2 is 1.72 bits per heavy atom. The molecular weight excluding hydrogens is 362 g/mol. The predicted octanol–water partition coefficient (Wildman–Crippen LogP) is 3.99. The van der Waals surface area contributed by atoms with Crippen LogP contribution in [-0.2, 0) is 16.5 Å². The van der Waals surface area contributed by atoms with Crippen molar-refractivity contribution in [2.45, 2.75) is 6.42 Å². The Balaban J connectivity index is 0.000000399. The van der Waals surface area contributed by atoms with Crippen LogP contribution in [0.1, 0.15) is 11.1 Å². The van der Waals surface area contributed by atoms with Crippen LogP contribution in [0.15, 0.2) is 54.9 Å². The molecule has 3 rings (SSSR count). The van der Waals surface area contributed by atoms with Crippen molar-refractivity contribution in [2.24, 2.45) is 0 Å². The minimum absolute atomic E-state index is 0.715. The Kier molecular flexibility index (Phi) is 6.36. The van der Waals surface area contributed by atoms with Crippen molar-refractivity contribution in [3.05, 3.63) is 71.0 Å². The van der Waals surface area contributed by atoms with Gasteiger partial charge in [0.2, 0.25) is 0 Å². The zero-order valence-corrected chi connectivity index (χ0v) is 15.4. The molecule has 25 heavy (non-hydrogen) atoms. The van der Waals surface area contributed by atoms with Crippen molar-refractivity contribution in [2.75, 3.05) is 13.4 Å². The second-order valence-electron chi connectivity index (χ2n) is 5.39. The number of benzene rings is 2. The fourth-order valence-corrected chi connectivity index (χ4v) is 2.50. The summed E-state index contributed by atoms with van der Waals surface area (Å²) in [7, 11) is -1.99. The van der Waals surface area contributed by atoms with Gasteiger partial charge in [-0.15, -0.1) is 0 Å². The van der Waals surface area contributed by atoms with E-state index < -0.39 is 10.1 Å². The number of pyridine rings is 1. The summed E-state index contributed by atoms with van der Waals surface area (Å²) in [6.07, 6.45) is 5.30. The monoisotopic (exact) mass is 379 g/mol. The maximum Gasteiger partial charge on any atom is 0.261 e. The predicted molar refractivity (Wildman–Crippen MR) is 100 cm³/mol. The van der Waals surface area contributed by atoms with E-state index in [0.717, 1.165) is 22.6 Å². The lowest BCUT2D eigenvalue weighted by atomic mass is 10.0. The van der Waals surface area contributed by atoms with Crippen molar-refractivity contribution < 1.29 is 17.7 Å². The molecule has 3 aromatic rings. The quantitative estimate of drug-likeness (QED) is 0.696. The summed E-state index contributed by atoms with van der Waals surface area (Å²) >= 11 is 5.92. The molecule has 1 N–H and O–H groups in total. The van der Waals surface area contributed by atoms with Gasteiger partial charge in [-0.1, -0.05) is 35.9 Å². The molecule has 1 aromatic heterocycles. The highest BCUT2D eigenvalue weighted by molar-refractivity contribution is 7.85. The van der Waals surface area contributed by atoms with E-state index in [1.54, 1.807) is 7.11 Å². The van der Waals surface area contributed by atoms with Crippen LogP contribution in [0.25, 0.3) is 10.8 Å². The fraction of sp³-hybridized carbons (Fsp3) is 0.167. The van der Waals surface area contributed by atoms with Gasteiger partial charge in [-0.3, -0.25) is 9.54 Å². The molecule has 0 bridgehead atoms. The fourth-order valence-electron chi connectivity index (χ4n) is 2.37. The molecule has 1 heterocycles. The topological polar surface area (TPSA) is 76.5 Å². The van der Waals surface area contributed by atoms with E-state index in [4.69, 9.17) is 20.9 Å². The molecule has 0 aliphatic rings. The van der Waals surface area contributed by atoms with Crippen molar-refractivity contribution in [1.82, 2.24) is 4.98 Å². The molecule has 0 saturated heterocycles. The van der Waals surface area contributed by atoms with Crippen LogP contribution >= 0.6 is 11.6 Å². The van der Waals surface area contributed by atoms with Gasteiger partial charge < -0.3 is 4.74 Å². The van der Waals surface area contributed by atoms with Crippen molar-refractivity contribution in [3.63, 3.8) is 0 Å². The van der Waals surface area contributed by atoms with Crippen LogP contribution in [0.2, 0.25) is 5.02 Å². The summed E-state index contributed by atoms with van der Waals surface area (Å²) < 4.78 is 31.3. The second kappa shape index (κ2) is 8.29. The Bertz CT molecular complexity index is 948. The molecule has 0 unspecified atom stereocenters. The largest absolute Gasteiger partial charge is 0.496 e. The minimum atomic E-state index is -3.67. The Labute approximate surface area is 152 Å². The molecule has 0 aliphatic heterocycles. The van der Waals surface area contributed by atoms with Gasteiger partial charge in [0.15, 0.2) is 0 Å². The van der Waals surface area contributed by atoms with Crippen LogP contribution in [-0.4, -0.2) is 31.3 Å². The molecule has 0 radical (unpaired) electrons. The number of hydrogen-bond donors (Lipinski definition) is 1. The molecule has 0 atom stereocenters. The van der Waals surface area contributed by atoms with Crippen LogP contribution in [0.4, 0.5) is 0 Å². The summed E-state index contributed by atoms with van der Waals surface area (Å²) in [5, 5.41) is 2.97. The van der Waals surface area contributed by atoms with Gasteiger partial charge in [-0.2, -0.15) is 8.42 Å². The number of rotatable bonds is 3. The van der Waals surface area contributed by atoms with Crippen molar-refractivity contribution in [1.29, 1.82) is 0 Å². The molecule has 0 spiro atoms. The number of hydrogen-bond acceptors (Lipinski definition) is 4. The first-order valence-electron chi connectivity index (χ1n) is 7.34. The molecule has 5 nitrogen and oxygen atoms in total. The average Bonchev–Trinajstić information content (AvgIpc) is 2.55. The SMILES string of the molecule is COc1cccc2c(Cc3ccc(Cl)cc3)cncc12.CS(=O)(=O)O. The number of fused-ring (bicyclic) bond motifs is 1. The third kappa shape index (κ3) is 6.01. The zero-order valence-electron chi connectivity index (χ0n) is 13.8. The second-order valence-corrected chi connectivity index (χ2v) is 7.29. The van der Waals surface area contributed by atoms with Gasteiger partial charge in [-0.25, -0.2) is 0 Å². The first kappa shape index (κ1) is 19.2. The van der Waals surface area contributed by atoms with E-state index in [1.165, 1.54) is 16.5 Å². The van der Waals surface area contributed by atoms with E-state index in [0.29, 0.717) is 6.26 Å². The molecular formula is C18H18ClNO4S. The van der Waals surface area contributed by atoms with Crippen molar-refractivity contribution in [3.8, 4) is 5.75 Å². The van der Waals surface area contributed by atoms with Gasteiger partial charge in [0.25, 0.3) is 10.1 Å². The highest BCUT2D eigenvalue weighted by Crippen LogP contribution is 2.28. The lowest BCUT2D eigenvalue weighted by Gasteiger charge is -2.09. The molecule has 0 saturated carbocycles. The van der Waals surface area contributed by atoms with E-state index in [9.17, 15) is 8.42 Å². The maximum absolute atomic E-state index is 9.19. The summed E-state index contributed by atoms with van der Waals surface area (Å²) in [4.78, 5) is 4.33. The first-order chi connectivity index (χ1) is 11.8. The highest BCUT2D eigenvalue weighted by Gasteiger charge is 2.06. The number of halogens is 1. The number of aromatic nitrogens is 1. The van der Waals surface area contributed by atoms with Crippen LogP contribution in [0.5, 0.6) is 5.75 Å². The third-order valence-electron chi connectivity index (χ3n) is 3.37. The molecule has 0 amide bonds. The summed E-state index contributed by atoms with van der Waals surface area (Å²) in [5.74, 6) is 0.855. The number of nitrogens with zero attached hydrogens (tertiary/aromatic N) is 1. The Morgan fingerprint density at radius 1 is 1.08 bits per heavy atom. The summed E-state index contributed by atoms with van der Waals surface area (Å²) in [5.41, 5.74) is 2.40. The van der Waals surface area contributed by atoms with Crippen LogP contribution in [0, 0.1) is 0 Å². The molecule has 7 heteroatoms.